The van der Waals surface area contributed by atoms with Crippen molar-refractivity contribution in [1.29, 1.82) is 0 Å². The average Bonchev–Trinajstić information content (AvgIpc) is 3.24. The van der Waals surface area contributed by atoms with Gasteiger partial charge >= 0.3 is 0 Å². The van der Waals surface area contributed by atoms with Crippen molar-refractivity contribution in [1.82, 2.24) is 0 Å². The van der Waals surface area contributed by atoms with Gasteiger partial charge in [0, 0.05) is 0 Å². The molecule has 3 rings (SSSR count). The first-order valence-corrected chi connectivity index (χ1v) is 11.5. The maximum Gasteiger partial charge on any atom is 0.0677 e. The van der Waals surface area contributed by atoms with Crippen molar-refractivity contribution in [2.75, 3.05) is 5.32 Å². The van der Waals surface area contributed by atoms with Gasteiger partial charge < -0.3 is 5.32 Å². The minimum absolute atomic E-state index is 0.172. The van der Waals surface area contributed by atoms with E-state index in [0.717, 1.165) is 0 Å². The summed E-state index contributed by atoms with van der Waals surface area (Å²) in [5, 5.41) is 8.54. The van der Waals surface area contributed by atoms with Crippen molar-refractivity contribution in [3.63, 3.8) is 0 Å². The van der Waals surface area contributed by atoms with Gasteiger partial charge in [-0.05, 0) is 41.3 Å². The topological polar surface area (TPSA) is 12.0 Å². The zero-order valence-corrected chi connectivity index (χ0v) is 16.8. The van der Waals surface area contributed by atoms with E-state index in [-0.39, 0.29) is 5.54 Å². The summed E-state index contributed by atoms with van der Waals surface area (Å²) in [5.74, 6) is 0. The second-order valence-electron chi connectivity index (χ2n) is 7.16. The SMILES string of the molecule is CCCCCCC1(CCCCCC)Nc2ccsc2-c2sccc21. The van der Waals surface area contributed by atoms with E-state index in [1.165, 1.54) is 79.6 Å². The second kappa shape index (κ2) is 8.53. The van der Waals surface area contributed by atoms with Gasteiger partial charge in [0.05, 0.1) is 21.0 Å². The Morgan fingerprint density at radius 1 is 0.792 bits per heavy atom. The number of unbranched alkanes of at least 4 members (excludes halogenated alkanes) is 6. The molecule has 0 amide bonds. The maximum atomic E-state index is 4.00. The fourth-order valence-corrected chi connectivity index (χ4v) is 6.04. The summed E-state index contributed by atoms with van der Waals surface area (Å²) >= 11 is 3.82. The van der Waals surface area contributed by atoms with Crippen LogP contribution in [0.4, 0.5) is 5.69 Å². The van der Waals surface area contributed by atoms with Gasteiger partial charge in [-0.1, -0.05) is 65.2 Å². The first-order valence-electron chi connectivity index (χ1n) is 9.74. The van der Waals surface area contributed by atoms with Gasteiger partial charge in [-0.2, -0.15) is 0 Å². The third-order valence-electron chi connectivity index (χ3n) is 5.34. The monoisotopic (exact) mass is 361 g/mol. The molecule has 3 heterocycles. The van der Waals surface area contributed by atoms with Gasteiger partial charge in [-0.3, -0.25) is 0 Å². The molecule has 1 N–H and O–H groups in total. The summed E-state index contributed by atoms with van der Waals surface area (Å²) < 4.78 is 0. The van der Waals surface area contributed by atoms with Crippen LogP contribution >= 0.6 is 22.7 Å². The molecule has 0 spiro atoms. The van der Waals surface area contributed by atoms with E-state index < -0.39 is 0 Å². The molecule has 2 aromatic heterocycles. The summed E-state index contributed by atoms with van der Waals surface area (Å²) in [7, 11) is 0. The Bertz CT molecular complexity index is 613. The quantitative estimate of drug-likeness (QED) is 0.422. The molecule has 0 unspecified atom stereocenters. The van der Waals surface area contributed by atoms with Crippen molar-refractivity contribution in [3.8, 4) is 9.75 Å². The number of anilines is 1. The smallest absolute Gasteiger partial charge is 0.0677 e. The Morgan fingerprint density at radius 2 is 1.42 bits per heavy atom. The molecule has 132 valence electrons. The predicted molar refractivity (Wildman–Crippen MR) is 110 cm³/mol. The van der Waals surface area contributed by atoms with Crippen LogP contribution in [0, 0.1) is 0 Å². The first kappa shape index (κ1) is 18.0. The fourth-order valence-electron chi connectivity index (χ4n) is 4.00. The Balaban J connectivity index is 1.82. The van der Waals surface area contributed by atoms with Gasteiger partial charge in [-0.15, -0.1) is 22.7 Å². The number of fused-ring (bicyclic) bond motifs is 3. The molecule has 0 aromatic carbocycles. The van der Waals surface area contributed by atoms with Gasteiger partial charge in [0.15, 0.2) is 0 Å². The number of rotatable bonds is 10. The maximum absolute atomic E-state index is 4.00. The molecule has 0 saturated heterocycles. The van der Waals surface area contributed by atoms with Crippen LogP contribution in [0.25, 0.3) is 9.75 Å². The fraction of sp³-hybridized carbons (Fsp3) is 0.619. The molecule has 24 heavy (non-hydrogen) atoms. The summed E-state index contributed by atoms with van der Waals surface area (Å²) in [6.45, 7) is 4.60. The number of hydrogen-bond acceptors (Lipinski definition) is 3. The molecule has 2 aromatic rings. The van der Waals surface area contributed by atoms with E-state index in [1.807, 2.05) is 22.7 Å². The lowest BCUT2D eigenvalue weighted by Gasteiger charge is -2.40. The van der Waals surface area contributed by atoms with Crippen LogP contribution in [0.2, 0.25) is 0 Å². The van der Waals surface area contributed by atoms with Gasteiger partial charge in [-0.25, -0.2) is 0 Å². The van der Waals surface area contributed by atoms with Crippen molar-refractivity contribution in [2.24, 2.45) is 0 Å². The van der Waals surface area contributed by atoms with E-state index in [2.05, 4.69) is 42.1 Å². The van der Waals surface area contributed by atoms with Crippen molar-refractivity contribution >= 4 is 28.4 Å². The summed E-state index contributed by atoms with van der Waals surface area (Å²) in [5.41, 5.74) is 3.13. The van der Waals surface area contributed by atoms with Crippen molar-refractivity contribution in [2.45, 2.75) is 83.6 Å². The van der Waals surface area contributed by atoms with Crippen LogP contribution in [-0.2, 0) is 5.54 Å². The van der Waals surface area contributed by atoms with Crippen LogP contribution < -0.4 is 5.32 Å². The molecular formula is C21H31NS2. The van der Waals surface area contributed by atoms with Crippen LogP contribution in [-0.4, -0.2) is 0 Å². The van der Waals surface area contributed by atoms with E-state index >= 15 is 0 Å². The molecule has 0 atom stereocenters. The lowest BCUT2D eigenvalue weighted by molar-refractivity contribution is 0.376. The molecule has 1 nitrogen and oxygen atoms in total. The molecule has 0 saturated carbocycles. The average molecular weight is 362 g/mol. The summed E-state index contributed by atoms with van der Waals surface area (Å²) in [6.07, 6.45) is 13.3. The third kappa shape index (κ3) is 3.72. The molecule has 3 heteroatoms. The van der Waals surface area contributed by atoms with E-state index in [1.54, 1.807) is 5.56 Å². The third-order valence-corrected chi connectivity index (χ3v) is 7.33. The number of thiophene rings is 2. The summed E-state index contributed by atoms with van der Waals surface area (Å²) in [4.78, 5) is 2.99. The minimum Gasteiger partial charge on any atom is -0.374 e. The largest absolute Gasteiger partial charge is 0.374 e. The predicted octanol–water partition coefficient (Wildman–Crippen LogP) is 8.04. The molecule has 1 aliphatic rings. The van der Waals surface area contributed by atoms with E-state index in [9.17, 15) is 0 Å². The standard InChI is InChI=1S/C21H31NS2/c1-3-5-7-9-13-21(14-10-8-6-4-2)17-11-15-23-19(17)20-18(22-21)12-16-24-20/h11-12,15-16,22H,3-10,13-14H2,1-2H3. The highest BCUT2D eigenvalue weighted by Gasteiger charge is 2.38. The second-order valence-corrected chi connectivity index (χ2v) is 8.99. The highest BCUT2D eigenvalue weighted by molar-refractivity contribution is 7.21. The molecule has 0 fully saturated rings. The lowest BCUT2D eigenvalue weighted by atomic mass is 9.78. The van der Waals surface area contributed by atoms with Gasteiger partial charge in [0.2, 0.25) is 0 Å². The Morgan fingerprint density at radius 3 is 2.08 bits per heavy atom. The molecule has 0 radical (unpaired) electrons. The first-order chi connectivity index (χ1) is 11.8. The summed E-state index contributed by atoms with van der Waals surface area (Å²) in [6, 6.07) is 4.69. The van der Waals surface area contributed by atoms with E-state index in [4.69, 9.17) is 0 Å². The van der Waals surface area contributed by atoms with Crippen molar-refractivity contribution < 1.29 is 0 Å². The normalized spacial score (nSPS) is 14.9. The molecule has 1 aliphatic heterocycles. The van der Waals surface area contributed by atoms with Crippen LogP contribution in [0.5, 0.6) is 0 Å². The Kier molecular flexibility index (Phi) is 6.40. The van der Waals surface area contributed by atoms with Crippen LogP contribution in [0.3, 0.4) is 0 Å². The highest BCUT2D eigenvalue weighted by atomic mass is 32.1. The molecule has 0 bridgehead atoms. The molecular weight excluding hydrogens is 330 g/mol. The highest BCUT2D eigenvalue weighted by Crippen LogP contribution is 2.52. The van der Waals surface area contributed by atoms with Gasteiger partial charge in [0.1, 0.15) is 0 Å². The van der Waals surface area contributed by atoms with Gasteiger partial charge in [0.25, 0.3) is 0 Å². The van der Waals surface area contributed by atoms with Crippen LogP contribution in [0.15, 0.2) is 22.9 Å². The van der Waals surface area contributed by atoms with Crippen molar-refractivity contribution in [3.05, 3.63) is 28.5 Å². The lowest BCUT2D eigenvalue weighted by Crippen LogP contribution is -2.37. The van der Waals surface area contributed by atoms with E-state index in [0.29, 0.717) is 0 Å². The molecule has 0 aliphatic carbocycles. The zero-order chi connectivity index (χ0) is 16.8. The zero-order valence-electron chi connectivity index (χ0n) is 15.2. The number of hydrogen-bond donors (Lipinski definition) is 1. The Labute approximate surface area is 155 Å². The minimum atomic E-state index is 0.172. The van der Waals surface area contributed by atoms with Crippen LogP contribution in [0.1, 0.15) is 83.6 Å². The number of nitrogens with one attached hydrogen (secondary N) is 1. The Hall–Kier alpha value is -0.800.